The molecule has 0 aromatic heterocycles. The molecule has 2 atom stereocenters. The van der Waals surface area contributed by atoms with Crippen LogP contribution in [0.2, 0.25) is 0 Å². The van der Waals surface area contributed by atoms with Crippen LogP contribution in [0.15, 0.2) is 24.3 Å². The number of hydrogen-bond donors (Lipinski definition) is 1. The van der Waals surface area contributed by atoms with E-state index >= 15 is 0 Å². The van der Waals surface area contributed by atoms with Gasteiger partial charge >= 0.3 is 0 Å². The molecular weight excluding hydrogens is 236 g/mol. The maximum absolute atomic E-state index is 12.6. The molecule has 0 heterocycles. The van der Waals surface area contributed by atoms with Gasteiger partial charge in [-0.3, -0.25) is 4.79 Å². The molecule has 1 aromatic carbocycles. The van der Waals surface area contributed by atoms with Crippen molar-refractivity contribution >= 4 is 5.91 Å². The summed E-state index contributed by atoms with van der Waals surface area (Å²) in [6.07, 6.45) is 2.09. The smallest absolute Gasteiger partial charge is 0.227 e. The van der Waals surface area contributed by atoms with Crippen molar-refractivity contribution in [2.45, 2.75) is 32.7 Å². The van der Waals surface area contributed by atoms with Crippen LogP contribution in [-0.4, -0.2) is 24.4 Å². The molecule has 19 heavy (non-hydrogen) atoms. The van der Waals surface area contributed by atoms with Gasteiger partial charge < -0.3 is 10.6 Å². The number of rotatable bonds is 4. The van der Waals surface area contributed by atoms with E-state index in [9.17, 15) is 4.79 Å². The Kier molecular flexibility index (Phi) is 4.25. The Morgan fingerprint density at radius 1 is 1.42 bits per heavy atom. The van der Waals surface area contributed by atoms with E-state index in [0.29, 0.717) is 6.54 Å². The first-order chi connectivity index (χ1) is 9.06. The molecule has 2 unspecified atom stereocenters. The predicted molar refractivity (Wildman–Crippen MR) is 77.7 cm³/mol. The minimum atomic E-state index is -0.0715. The number of aryl methyl sites for hydroxylation is 1. The summed E-state index contributed by atoms with van der Waals surface area (Å²) >= 11 is 0. The van der Waals surface area contributed by atoms with E-state index < -0.39 is 0 Å². The number of hydrogen-bond acceptors (Lipinski definition) is 2. The highest BCUT2D eigenvalue weighted by Crippen LogP contribution is 2.35. The van der Waals surface area contributed by atoms with Crippen LogP contribution in [0.3, 0.4) is 0 Å². The van der Waals surface area contributed by atoms with Gasteiger partial charge in [0.1, 0.15) is 0 Å². The second kappa shape index (κ2) is 5.74. The maximum Gasteiger partial charge on any atom is 0.227 e. The van der Waals surface area contributed by atoms with Gasteiger partial charge in [0.15, 0.2) is 0 Å². The third-order valence-corrected chi connectivity index (χ3v) is 4.29. The summed E-state index contributed by atoms with van der Waals surface area (Å²) in [5.74, 6) is 0.397. The van der Waals surface area contributed by atoms with Crippen LogP contribution in [0.4, 0.5) is 0 Å². The molecule has 0 fully saturated rings. The molecule has 104 valence electrons. The quantitative estimate of drug-likeness (QED) is 0.903. The lowest BCUT2D eigenvalue weighted by Gasteiger charge is -2.30. The number of nitrogens with two attached hydrogens (primary N) is 1. The first-order valence-corrected chi connectivity index (χ1v) is 7.10. The van der Waals surface area contributed by atoms with Crippen LogP contribution >= 0.6 is 0 Å². The van der Waals surface area contributed by atoms with Crippen molar-refractivity contribution in [3.05, 3.63) is 35.4 Å². The summed E-state index contributed by atoms with van der Waals surface area (Å²) in [6, 6.07) is 8.65. The summed E-state index contributed by atoms with van der Waals surface area (Å²) in [7, 11) is 1.92. The molecule has 1 amide bonds. The average molecular weight is 260 g/mol. The zero-order valence-corrected chi connectivity index (χ0v) is 12.1. The zero-order valence-electron chi connectivity index (χ0n) is 12.1. The van der Waals surface area contributed by atoms with E-state index in [0.717, 1.165) is 12.8 Å². The highest BCUT2D eigenvalue weighted by atomic mass is 16.2. The summed E-state index contributed by atoms with van der Waals surface area (Å²) < 4.78 is 0. The molecule has 0 spiro atoms. The molecule has 2 rings (SSSR count). The van der Waals surface area contributed by atoms with Gasteiger partial charge in [0.25, 0.3) is 0 Å². The van der Waals surface area contributed by atoms with Crippen LogP contribution in [0.25, 0.3) is 0 Å². The molecule has 3 heteroatoms. The van der Waals surface area contributed by atoms with Crippen LogP contribution < -0.4 is 5.73 Å². The Labute approximate surface area is 115 Å². The standard InChI is InChI=1S/C16H24N2O/c1-11(2)14(10-17)16(19)18(3)15-9-8-12-6-4-5-7-13(12)15/h4-7,11,14-15H,8-10,17H2,1-3H3. The van der Waals surface area contributed by atoms with Crippen LogP contribution in [-0.2, 0) is 11.2 Å². The Balaban J connectivity index is 2.17. The summed E-state index contributed by atoms with van der Waals surface area (Å²) in [6.45, 7) is 4.55. The molecule has 2 N–H and O–H groups in total. The monoisotopic (exact) mass is 260 g/mol. The first kappa shape index (κ1) is 14.1. The second-order valence-corrected chi connectivity index (χ2v) is 5.79. The van der Waals surface area contributed by atoms with E-state index in [2.05, 4.69) is 38.1 Å². The van der Waals surface area contributed by atoms with Crippen molar-refractivity contribution in [3.8, 4) is 0 Å². The highest BCUT2D eigenvalue weighted by molar-refractivity contribution is 5.79. The molecule has 1 aromatic rings. The van der Waals surface area contributed by atoms with E-state index in [1.807, 2.05) is 11.9 Å². The molecule has 3 nitrogen and oxygen atoms in total. The number of fused-ring (bicyclic) bond motifs is 1. The fourth-order valence-electron chi connectivity index (χ4n) is 3.01. The fourth-order valence-corrected chi connectivity index (χ4v) is 3.01. The van der Waals surface area contributed by atoms with Gasteiger partial charge in [0, 0.05) is 13.6 Å². The lowest BCUT2D eigenvalue weighted by atomic mass is 9.93. The summed E-state index contributed by atoms with van der Waals surface area (Å²) in [5, 5.41) is 0. The molecule has 0 bridgehead atoms. The first-order valence-electron chi connectivity index (χ1n) is 7.10. The van der Waals surface area contributed by atoms with Gasteiger partial charge in [-0.15, -0.1) is 0 Å². The number of carbonyl (C=O) groups is 1. The minimum Gasteiger partial charge on any atom is -0.338 e. The van der Waals surface area contributed by atoms with Gasteiger partial charge in [-0.25, -0.2) is 0 Å². The molecule has 0 saturated heterocycles. The van der Waals surface area contributed by atoms with Crippen molar-refractivity contribution in [1.29, 1.82) is 0 Å². The highest BCUT2D eigenvalue weighted by Gasteiger charge is 2.32. The third-order valence-electron chi connectivity index (χ3n) is 4.29. The molecular formula is C16H24N2O. The Hall–Kier alpha value is -1.35. The molecule has 1 aliphatic carbocycles. The topological polar surface area (TPSA) is 46.3 Å². The lowest BCUT2D eigenvalue weighted by Crippen LogP contribution is -2.40. The minimum absolute atomic E-state index is 0.0715. The van der Waals surface area contributed by atoms with Gasteiger partial charge in [0.2, 0.25) is 5.91 Å². The van der Waals surface area contributed by atoms with Crippen LogP contribution in [0, 0.1) is 11.8 Å². The van der Waals surface area contributed by atoms with Gasteiger partial charge in [-0.05, 0) is 29.9 Å². The second-order valence-electron chi connectivity index (χ2n) is 5.79. The van der Waals surface area contributed by atoms with Crippen molar-refractivity contribution in [2.75, 3.05) is 13.6 Å². The third kappa shape index (κ3) is 2.66. The maximum atomic E-state index is 12.6. The van der Waals surface area contributed by atoms with Crippen LogP contribution in [0.5, 0.6) is 0 Å². The Morgan fingerprint density at radius 2 is 2.11 bits per heavy atom. The van der Waals surface area contributed by atoms with Crippen molar-refractivity contribution in [1.82, 2.24) is 4.90 Å². The molecule has 0 aliphatic heterocycles. The van der Waals surface area contributed by atoms with Crippen molar-refractivity contribution in [3.63, 3.8) is 0 Å². The largest absolute Gasteiger partial charge is 0.338 e. The predicted octanol–water partition coefficient (Wildman–Crippen LogP) is 2.36. The van der Waals surface area contributed by atoms with Crippen molar-refractivity contribution in [2.24, 2.45) is 17.6 Å². The average Bonchev–Trinajstić information content (AvgIpc) is 2.82. The van der Waals surface area contributed by atoms with E-state index in [1.165, 1.54) is 11.1 Å². The van der Waals surface area contributed by atoms with E-state index in [-0.39, 0.29) is 23.8 Å². The Morgan fingerprint density at radius 3 is 2.74 bits per heavy atom. The number of carbonyl (C=O) groups excluding carboxylic acids is 1. The van der Waals surface area contributed by atoms with E-state index in [4.69, 9.17) is 5.73 Å². The molecule has 1 aliphatic rings. The van der Waals surface area contributed by atoms with Gasteiger partial charge in [-0.2, -0.15) is 0 Å². The zero-order chi connectivity index (χ0) is 14.0. The van der Waals surface area contributed by atoms with Gasteiger partial charge in [0.05, 0.1) is 12.0 Å². The SMILES string of the molecule is CC(C)C(CN)C(=O)N(C)C1CCc2ccccc21. The molecule has 0 radical (unpaired) electrons. The summed E-state index contributed by atoms with van der Waals surface area (Å²) in [5.41, 5.74) is 8.44. The number of benzene rings is 1. The van der Waals surface area contributed by atoms with Gasteiger partial charge in [-0.1, -0.05) is 38.1 Å². The van der Waals surface area contributed by atoms with E-state index in [1.54, 1.807) is 0 Å². The summed E-state index contributed by atoms with van der Waals surface area (Å²) in [4.78, 5) is 14.5. The van der Waals surface area contributed by atoms with Crippen LogP contribution in [0.1, 0.15) is 37.4 Å². The fraction of sp³-hybridized carbons (Fsp3) is 0.562. The Bertz CT molecular complexity index is 456. The number of amides is 1. The van der Waals surface area contributed by atoms with Crippen molar-refractivity contribution < 1.29 is 4.79 Å². The number of nitrogens with zero attached hydrogens (tertiary/aromatic N) is 1. The normalized spacial score (nSPS) is 19.3. The molecule has 0 saturated carbocycles. The lowest BCUT2D eigenvalue weighted by molar-refractivity contribution is -0.137.